The van der Waals surface area contributed by atoms with Crippen LogP contribution in [0.4, 0.5) is 0 Å². The third-order valence-corrected chi connectivity index (χ3v) is 9.00. The molecule has 1 heterocycles. The third kappa shape index (κ3) is 6.81. The second-order valence-corrected chi connectivity index (χ2v) is 11.7. The van der Waals surface area contributed by atoms with E-state index in [2.05, 4.69) is 151 Å². The van der Waals surface area contributed by atoms with Crippen LogP contribution in [0.1, 0.15) is 61.6 Å². The van der Waals surface area contributed by atoms with Crippen LogP contribution in [0.3, 0.4) is 0 Å². The normalized spacial score (nSPS) is 22.4. The standard InChI is InChI=1S/C41H42S/c1-8-16-33(34-24-26-39-38(18-10-3)40(12-5)42-41(39)28-34)27-30(7)31-22-21-29(6)35(11-4)37(17-9-2)36(25-23-31)32-19-14-13-15-20-32/h8-24,26-29,36H,1,4-5,25H2,2-3,6-7H3/b17-9-,18-10-,22-21-,30-27+,31-23+,33-16+,37-35-. The van der Waals surface area contributed by atoms with Gasteiger partial charge in [0, 0.05) is 20.9 Å². The van der Waals surface area contributed by atoms with Crippen LogP contribution in [0.2, 0.25) is 0 Å². The van der Waals surface area contributed by atoms with E-state index in [1.807, 2.05) is 18.2 Å². The van der Waals surface area contributed by atoms with Crippen LogP contribution in [0.5, 0.6) is 0 Å². The van der Waals surface area contributed by atoms with E-state index in [-0.39, 0.29) is 11.8 Å². The van der Waals surface area contributed by atoms with Crippen molar-refractivity contribution in [3.63, 3.8) is 0 Å². The van der Waals surface area contributed by atoms with Crippen LogP contribution in [0.15, 0.2) is 151 Å². The quantitative estimate of drug-likeness (QED) is 0.226. The average Bonchev–Trinajstić information content (AvgIpc) is 3.38. The van der Waals surface area contributed by atoms with Crippen molar-refractivity contribution in [2.45, 2.75) is 40.0 Å². The molecule has 0 fully saturated rings. The van der Waals surface area contributed by atoms with Crippen molar-refractivity contribution >= 4 is 39.1 Å². The lowest BCUT2D eigenvalue weighted by Gasteiger charge is -2.22. The largest absolute Gasteiger partial charge is 0.135 e. The molecule has 42 heavy (non-hydrogen) atoms. The number of hydrogen-bond donors (Lipinski definition) is 0. The van der Waals surface area contributed by atoms with E-state index < -0.39 is 0 Å². The molecule has 0 saturated heterocycles. The minimum atomic E-state index is 0.240. The van der Waals surface area contributed by atoms with Gasteiger partial charge in [0.2, 0.25) is 0 Å². The summed E-state index contributed by atoms with van der Waals surface area (Å²) in [5.41, 5.74) is 9.97. The van der Waals surface area contributed by atoms with Crippen molar-refractivity contribution in [3.8, 4) is 0 Å². The molecule has 0 aliphatic heterocycles. The van der Waals surface area contributed by atoms with Crippen molar-refractivity contribution in [3.05, 3.63) is 173 Å². The summed E-state index contributed by atoms with van der Waals surface area (Å²) in [6.07, 6.45) is 26.9. The summed E-state index contributed by atoms with van der Waals surface area (Å²) < 4.78 is 1.26. The predicted octanol–water partition coefficient (Wildman–Crippen LogP) is 12.5. The summed E-state index contributed by atoms with van der Waals surface area (Å²) in [5.74, 6) is 0.486. The molecule has 1 aromatic heterocycles. The first-order chi connectivity index (χ1) is 20.4. The van der Waals surface area contributed by atoms with Crippen LogP contribution >= 0.6 is 11.3 Å². The number of hydrogen-bond acceptors (Lipinski definition) is 1. The molecule has 1 aliphatic carbocycles. The molecule has 1 aliphatic rings. The van der Waals surface area contributed by atoms with E-state index in [4.69, 9.17) is 0 Å². The molecule has 0 amide bonds. The highest BCUT2D eigenvalue weighted by Gasteiger charge is 2.20. The molecule has 2 atom stereocenters. The molecule has 2 unspecified atom stereocenters. The molecule has 0 saturated carbocycles. The molecule has 4 rings (SSSR count). The lowest BCUT2D eigenvalue weighted by atomic mass is 9.82. The highest BCUT2D eigenvalue weighted by molar-refractivity contribution is 7.20. The Morgan fingerprint density at radius 2 is 1.69 bits per heavy atom. The number of fused-ring (bicyclic) bond motifs is 1. The van der Waals surface area contributed by atoms with Crippen molar-refractivity contribution in [1.82, 2.24) is 0 Å². The highest BCUT2D eigenvalue weighted by Crippen LogP contribution is 2.38. The smallest absolute Gasteiger partial charge is 0.0361 e. The van der Waals surface area contributed by atoms with Gasteiger partial charge in [0.1, 0.15) is 0 Å². The molecule has 1 heteroatoms. The lowest BCUT2D eigenvalue weighted by Crippen LogP contribution is -2.06. The molecule has 0 nitrogen and oxygen atoms in total. The average molecular weight is 567 g/mol. The summed E-state index contributed by atoms with van der Waals surface area (Å²) in [7, 11) is 0. The Morgan fingerprint density at radius 1 is 0.929 bits per heavy atom. The fourth-order valence-corrected chi connectivity index (χ4v) is 6.80. The van der Waals surface area contributed by atoms with E-state index in [0.717, 1.165) is 12.0 Å². The van der Waals surface area contributed by atoms with Gasteiger partial charge in [-0.05, 0) is 83.7 Å². The van der Waals surface area contributed by atoms with Gasteiger partial charge in [-0.3, -0.25) is 0 Å². The maximum Gasteiger partial charge on any atom is 0.0361 e. The van der Waals surface area contributed by atoms with E-state index in [1.165, 1.54) is 53.9 Å². The number of thiophene rings is 1. The van der Waals surface area contributed by atoms with Gasteiger partial charge >= 0.3 is 0 Å². The Kier molecular flexibility index (Phi) is 10.7. The van der Waals surface area contributed by atoms with Crippen LogP contribution < -0.4 is 0 Å². The van der Waals surface area contributed by atoms with Gasteiger partial charge in [-0.2, -0.15) is 0 Å². The third-order valence-electron chi connectivity index (χ3n) is 7.84. The monoisotopic (exact) mass is 566 g/mol. The van der Waals surface area contributed by atoms with E-state index in [1.54, 1.807) is 11.3 Å². The van der Waals surface area contributed by atoms with Gasteiger partial charge in [-0.1, -0.05) is 142 Å². The fourth-order valence-electron chi connectivity index (χ4n) is 5.72. The fraction of sp³-hybridized carbons (Fsp3) is 0.171. The van der Waals surface area contributed by atoms with Crippen molar-refractivity contribution in [2.24, 2.45) is 5.92 Å². The SMILES string of the molecule is C=C\C=C(/C=C(C)/C1=C/CC(c2ccccc2)C(/C=C\C)=C(/C=C)C(C)/C=C\1)c1ccc2c(/C=C\C)c(C=C)sc2c1. The molecule has 0 bridgehead atoms. The van der Waals surface area contributed by atoms with E-state index in [0.29, 0.717) is 0 Å². The van der Waals surface area contributed by atoms with Crippen molar-refractivity contribution < 1.29 is 0 Å². The second kappa shape index (κ2) is 14.6. The molecule has 2 aromatic carbocycles. The van der Waals surface area contributed by atoms with Crippen LogP contribution in [-0.4, -0.2) is 0 Å². The van der Waals surface area contributed by atoms with Gasteiger partial charge in [0.25, 0.3) is 0 Å². The van der Waals surface area contributed by atoms with Gasteiger partial charge in [-0.15, -0.1) is 11.3 Å². The Bertz CT molecular complexity index is 1670. The molecular formula is C41H42S. The first-order valence-corrected chi connectivity index (χ1v) is 15.5. The van der Waals surface area contributed by atoms with Gasteiger partial charge < -0.3 is 0 Å². The maximum atomic E-state index is 4.21. The molecule has 3 aromatic rings. The van der Waals surface area contributed by atoms with Crippen molar-refractivity contribution in [1.29, 1.82) is 0 Å². The zero-order valence-electron chi connectivity index (χ0n) is 25.4. The topological polar surface area (TPSA) is 0 Å². The molecule has 212 valence electrons. The first-order valence-electron chi connectivity index (χ1n) is 14.7. The van der Waals surface area contributed by atoms with Crippen LogP contribution in [-0.2, 0) is 0 Å². The minimum absolute atomic E-state index is 0.240. The Morgan fingerprint density at radius 3 is 2.36 bits per heavy atom. The maximum absolute atomic E-state index is 4.21. The Hall–Kier alpha value is -4.20. The van der Waals surface area contributed by atoms with E-state index in [9.17, 15) is 0 Å². The zero-order valence-corrected chi connectivity index (χ0v) is 26.3. The van der Waals surface area contributed by atoms with Gasteiger partial charge in [0.15, 0.2) is 0 Å². The Balaban J connectivity index is 1.78. The van der Waals surface area contributed by atoms with Gasteiger partial charge in [0.05, 0.1) is 0 Å². The zero-order chi connectivity index (χ0) is 30.1. The number of allylic oxidation sites excluding steroid dienone is 15. The molecule has 0 spiro atoms. The van der Waals surface area contributed by atoms with Crippen LogP contribution in [0.25, 0.3) is 27.8 Å². The lowest BCUT2D eigenvalue weighted by molar-refractivity contribution is 0.787. The minimum Gasteiger partial charge on any atom is -0.135 e. The second-order valence-electron chi connectivity index (χ2n) is 10.6. The summed E-state index contributed by atoms with van der Waals surface area (Å²) in [4.78, 5) is 1.20. The summed E-state index contributed by atoms with van der Waals surface area (Å²) in [5, 5.41) is 1.26. The summed E-state index contributed by atoms with van der Waals surface area (Å²) in [6.45, 7) is 20.9. The van der Waals surface area contributed by atoms with Crippen molar-refractivity contribution in [2.75, 3.05) is 0 Å². The van der Waals surface area contributed by atoms with Gasteiger partial charge in [-0.25, -0.2) is 0 Å². The number of rotatable bonds is 9. The first kappa shape index (κ1) is 30.8. The predicted molar refractivity (Wildman–Crippen MR) is 191 cm³/mol. The molecule has 0 N–H and O–H groups in total. The van der Waals surface area contributed by atoms with E-state index >= 15 is 0 Å². The molecular weight excluding hydrogens is 525 g/mol. The summed E-state index contributed by atoms with van der Waals surface area (Å²) >= 11 is 1.79. The molecule has 0 radical (unpaired) electrons. The number of benzene rings is 2. The van der Waals surface area contributed by atoms with Crippen LogP contribution in [0, 0.1) is 5.92 Å². The summed E-state index contributed by atoms with van der Waals surface area (Å²) in [6, 6.07) is 17.6. The highest BCUT2D eigenvalue weighted by atomic mass is 32.1. The Labute approximate surface area is 257 Å².